The summed E-state index contributed by atoms with van der Waals surface area (Å²) in [6.45, 7) is 5.74. The maximum Gasteiger partial charge on any atom is 0.00508 e. The average molecular weight is 141 g/mol. The van der Waals surface area contributed by atoms with Gasteiger partial charge in [-0.25, -0.2) is 0 Å². The predicted octanol–water partition coefficient (Wildman–Crippen LogP) is 2.17. The Morgan fingerprint density at radius 3 is 1.50 bits per heavy atom. The van der Waals surface area contributed by atoms with E-state index in [1.165, 1.54) is 32.2 Å². The van der Waals surface area contributed by atoms with Gasteiger partial charge in [0.25, 0.3) is 0 Å². The van der Waals surface area contributed by atoms with Crippen LogP contribution >= 0.6 is 0 Å². The van der Waals surface area contributed by atoms with E-state index in [0.29, 0.717) is 0 Å². The normalized spacial score (nSPS) is 31.2. The van der Waals surface area contributed by atoms with Crippen LogP contribution < -0.4 is 5.32 Å². The third kappa shape index (κ3) is 2.70. The number of rotatable bonds is 0. The van der Waals surface area contributed by atoms with Gasteiger partial charge in [-0.2, -0.15) is 0 Å². The van der Waals surface area contributed by atoms with Gasteiger partial charge in [-0.05, 0) is 25.8 Å². The zero-order chi connectivity index (χ0) is 7.40. The van der Waals surface area contributed by atoms with Crippen molar-refractivity contribution < 1.29 is 0 Å². The summed E-state index contributed by atoms with van der Waals surface area (Å²) >= 11 is 0. The first kappa shape index (κ1) is 8.06. The molecule has 60 valence electrons. The number of hydrogen-bond donors (Lipinski definition) is 1. The standard InChI is InChI=1S/C5H10.C4H9N/c1-5-3-2-4-5;1-4-2-3-5-4/h5H,2-4H2,1H3;4-5H,2-3H2,1H3. The Morgan fingerprint density at radius 2 is 1.50 bits per heavy atom. The van der Waals surface area contributed by atoms with Crippen molar-refractivity contribution in [3.05, 3.63) is 0 Å². The Hall–Kier alpha value is -0.0400. The molecule has 0 aromatic carbocycles. The molecule has 1 aliphatic carbocycles. The Balaban J connectivity index is 0.0000001000. The summed E-state index contributed by atoms with van der Waals surface area (Å²) in [7, 11) is 0. The molecule has 0 aromatic rings. The number of nitrogens with one attached hydrogen (secondary N) is 1. The molecular weight excluding hydrogens is 122 g/mol. The third-order valence-electron chi connectivity index (χ3n) is 2.46. The highest BCUT2D eigenvalue weighted by molar-refractivity contribution is 4.70. The van der Waals surface area contributed by atoms with Crippen molar-refractivity contribution in [1.29, 1.82) is 0 Å². The van der Waals surface area contributed by atoms with E-state index in [9.17, 15) is 0 Å². The first-order chi connectivity index (χ1) is 4.79. The van der Waals surface area contributed by atoms with E-state index in [0.717, 1.165) is 12.0 Å². The minimum atomic E-state index is 0.815. The van der Waals surface area contributed by atoms with Gasteiger partial charge in [0.1, 0.15) is 0 Å². The van der Waals surface area contributed by atoms with E-state index in [4.69, 9.17) is 0 Å². The van der Waals surface area contributed by atoms with E-state index in [-0.39, 0.29) is 0 Å². The lowest BCUT2D eigenvalue weighted by molar-refractivity contribution is 0.346. The summed E-state index contributed by atoms with van der Waals surface area (Å²) < 4.78 is 0. The van der Waals surface area contributed by atoms with Crippen molar-refractivity contribution in [3.63, 3.8) is 0 Å². The van der Waals surface area contributed by atoms with Gasteiger partial charge < -0.3 is 5.32 Å². The van der Waals surface area contributed by atoms with E-state index >= 15 is 0 Å². The van der Waals surface area contributed by atoms with Crippen LogP contribution in [0.3, 0.4) is 0 Å². The molecule has 1 heterocycles. The Bertz CT molecular complexity index is 70.7. The quantitative estimate of drug-likeness (QED) is 0.545. The van der Waals surface area contributed by atoms with Crippen molar-refractivity contribution in [1.82, 2.24) is 5.32 Å². The summed E-state index contributed by atoms with van der Waals surface area (Å²) in [5.74, 6) is 1.06. The smallest absolute Gasteiger partial charge is 0.00508 e. The van der Waals surface area contributed by atoms with Crippen LogP contribution in [0.2, 0.25) is 0 Å². The van der Waals surface area contributed by atoms with Crippen molar-refractivity contribution in [2.24, 2.45) is 5.92 Å². The molecule has 0 amide bonds. The van der Waals surface area contributed by atoms with Crippen LogP contribution in [-0.2, 0) is 0 Å². The fraction of sp³-hybridized carbons (Fsp3) is 1.00. The maximum absolute atomic E-state index is 3.21. The summed E-state index contributed by atoms with van der Waals surface area (Å²) in [4.78, 5) is 0. The van der Waals surface area contributed by atoms with Crippen LogP contribution in [0.5, 0.6) is 0 Å². The minimum absolute atomic E-state index is 0.815. The molecule has 1 saturated heterocycles. The van der Waals surface area contributed by atoms with Crippen molar-refractivity contribution in [2.75, 3.05) is 6.54 Å². The molecule has 0 radical (unpaired) electrons. The summed E-state index contributed by atoms with van der Waals surface area (Å²) in [6, 6.07) is 0.815. The first-order valence-corrected chi connectivity index (χ1v) is 4.52. The van der Waals surface area contributed by atoms with Crippen molar-refractivity contribution in [2.45, 2.75) is 45.6 Å². The summed E-state index contributed by atoms with van der Waals surface area (Å²) in [5, 5.41) is 3.21. The molecule has 0 aromatic heterocycles. The lowest BCUT2D eigenvalue weighted by atomic mass is 9.88. The number of hydrogen-bond acceptors (Lipinski definition) is 1. The molecule has 1 nitrogen and oxygen atoms in total. The molecule has 2 rings (SSSR count). The average Bonchev–Trinajstić information content (AvgIpc) is 1.80. The highest BCUT2D eigenvalue weighted by atomic mass is 15.0. The summed E-state index contributed by atoms with van der Waals surface area (Å²) in [5.41, 5.74) is 0. The third-order valence-corrected chi connectivity index (χ3v) is 2.46. The van der Waals surface area contributed by atoms with Crippen molar-refractivity contribution >= 4 is 0 Å². The Labute approximate surface area is 64.2 Å². The largest absolute Gasteiger partial charge is 0.314 e. The molecule has 2 aliphatic rings. The molecule has 10 heavy (non-hydrogen) atoms. The monoisotopic (exact) mass is 141 g/mol. The van der Waals surface area contributed by atoms with E-state index in [2.05, 4.69) is 19.2 Å². The SMILES string of the molecule is CC1CCC1.CC1CCN1. The van der Waals surface area contributed by atoms with Gasteiger partial charge in [0.2, 0.25) is 0 Å². The molecule has 2 fully saturated rings. The second-order valence-corrected chi connectivity index (χ2v) is 3.68. The fourth-order valence-corrected chi connectivity index (χ4v) is 1.05. The van der Waals surface area contributed by atoms with Gasteiger partial charge in [-0.3, -0.25) is 0 Å². The van der Waals surface area contributed by atoms with Gasteiger partial charge >= 0.3 is 0 Å². The van der Waals surface area contributed by atoms with Gasteiger partial charge in [0.15, 0.2) is 0 Å². The fourth-order valence-electron chi connectivity index (χ4n) is 1.05. The second kappa shape index (κ2) is 3.97. The van der Waals surface area contributed by atoms with Crippen LogP contribution in [-0.4, -0.2) is 12.6 Å². The first-order valence-electron chi connectivity index (χ1n) is 4.52. The van der Waals surface area contributed by atoms with Crippen LogP contribution in [0.25, 0.3) is 0 Å². The van der Waals surface area contributed by atoms with Gasteiger partial charge in [0, 0.05) is 6.04 Å². The van der Waals surface area contributed by atoms with Gasteiger partial charge in [-0.1, -0.05) is 26.2 Å². The van der Waals surface area contributed by atoms with Gasteiger partial charge in [0.05, 0.1) is 0 Å². The lowest BCUT2D eigenvalue weighted by Crippen LogP contribution is -2.39. The van der Waals surface area contributed by atoms with Crippen LogP contribution in [0.4, 0.5) is 0 Å². The topological polar surface area (TPSA) is 12.0 Å². The second-order valence-electron chi connectivity index (χ2n) is 3.68. The predicted molar refractivity (Wildman–Crippen MR) is 45.1 cm³/mol. The minimum Gasteiger partial charge on any atom is -0.314 e. The molecule has 1 N–H and O–H groups in total. The molecule has 1 heteroatoms. The molecule has 1 atom stereocenters. The molecule has 1 aliphatic heterocycles. The van der Waals surface area contributed by atoms with E-state index in [1.807, 2.05) is 0 Å². The zero-order valence-corrected chi connectivity index (χ0v) is 7.19. The van der Waals surface area contributed by atoms with Crippen LogP contribution in [0.1, 0.15) is 39.5 Å². The molecule has 1 saturated carbocycles. The Kier molecular flexibility index (Phi) is 3.20. The van der Waals surface area contributed by atoms with E-state index < -0.39 is 0 Å². The van der Waals surface area contributed by atoms with E-state index in [1.54, 1.807) is 0 Å². The zero-order valence-electron chi connectivity index (χ0n) is 7.19. The molecular formula is C9H19N. The highest BCUT2D eigenvalue weighted by Crippen LogP contribution is 2.24. The lowest BCUT2D eigenvalue weighted by Gasteiger charge is -2.22. The molecule has 1 unspecified atom stereocenters. The van der Waals surface area contributed by atoms with Crippen molar-refractivity contribution in [3.8, 4) is 0 Å². The van der Waals surface area contributed by atoms with Crippen LogP contribution in [0.15, 0.2) is 0 Å². The Morgan fingerprint density at radius 1 is 1.10 bits per heavy atom. The highest BCUT2D eigenvalue weighted by Gasteiger charge is 2.09. The van der Waals surface area contributed by atoms with Gasteiger partial charge in [-0.15, -0.1) is 0 Å². The molecule has 0 spiro atoms. The maximum atomic E-state index is 3.21. The van der Waals surface area contributed by atoms with Crippen LogP contribution in [0, 0.1) is 5.92 Å². The summed E-state index contributed by atoms with van der Waals surface area (Å²) in [6.07, 6.45) is 5.83. The molecule has 0 bridgehead atoms.